The highest BCUT2D eigenvalue weighted by molar-refractivity contribution is 6.33. The van der Waals surface area contributed by atoms with Gasteiger partial charge in [-0.25, -0.2) is 0 Å². The molecule has 1 aliphatic rings. The van der Waals surface area contributed by atoms with Crippen LogP contribution in [0.1, 0.15) is 44.7 Å². The lowest BCUT2D eigenvalue weighted by Gasteiger charge is -2.25. The van der Waals surface area contributed by atoms with Crippen LogP contribution in [-0.2, 0) is 0 Å². The van der Waals surface area contributed by atoms with Crippen molar-refractivity contribution >= 4 is 35.3 Å². The predicted octanol–water partition coefficient (Wildman–Crippen LogP) is 1.06. The monoisotopic (exact) mass is 508 g/mol. The van der Waals surface area contributed by atoms with E-state index in [-0.39, 0.29) is 59.4 Å². The number of carbonyl (C=O) groups is 2. The van der Waals surface area contributed by atoms with E-state index in [0.717, 1.165) is 12.8 Å². The van der Waals surface area contributed by atoms with Gasteiger partial charge in [-0.3, -0.25) is 9.59 Å². The molecule has 0 unspecified atom stereocenters. The van der Waals surface area contributed by atoms with Crippen molar-refractivity contribution in [1.82, 2.24) is 10.6 Å². The Bertz CT molecular complexity index is 954. The molecule has 0 bridgehead atoms. The minimum atomic E-state index is -0.535. The van der Waals surface area contributed by atoms with Crippen LogP contribution in [0.3, 0.4) is 0 Å². The highest BCUT2D eigenvalue weighted by atomic mass is 35.5. The molecule has 0 saturated heterocycles. The van der Waals surface area contributed by atoms with Crippen LogP contribution in [0.25, 0.3) is 0 Å². The molecule has 11 heteroatoms. The number of aliphatic hydroxyl groups excluding tert-OH is 2. The van der Waals surface area contributed by atoms with E-state index in [9.17, 15) is 19.8 Å². The standard InChI is InChI=1S/C24H32N4O6.ClH/c29-13-11-25-7-1-9-27-15-3-4-16(28-10-2-8-26-12-14-30)20-19(15)23(33)21-17(31)5-6-18(32)22(21)24(20)34;/h3-6,25-32H,1-2,7-14H2;1H. The summed E-state index contributed by atoms with van der Waals surface area (Å²) in [6, 6.07) is 5.85. The van der Waals surface area contributed by atoms with Crippen LogP contribution in [0.2, 0.25) is 0 Å². The van der Waals surface area contributed by atoms with Gasteiger partial charge in [0.15, 0.2) is 0 Å². The van der Waals surface area contributed by atoms with Crippen molar-refractivity contribution in [3.63, 3.8) is 0 Å². The van der Waals surface area contributed by atoms with Gasteiger partial charge in [-0.2, -0.15) is 0 Å². The Balaban J connectivity index is 0.00000432. The van der Waals surface area contributed by atoms with Crippen LogP contribution in [0.15, 0.2) is 24.3 Å². The highest BCUT2D eigenvalue weighted by Gasteiger charge is 2.37. The van der Waals surface area contributed by atoms with Gasteiger partial charge in [0.05, 0.1) is 35.5 Å². The van der Waals surface area contributed by atoms with Gasteiger partial charge in [0.1, 0.15) is 11.5 Å². The van der Waals surface area contributed by atoms with Gasteiger partial charge < -0.3 is 41.7 Å². The first-order chi connectivity index (χ1) is 16.5. The molecule has 192 valence electrons. The number of halogens is 1. The Hall–Kier alpha value is -2.89. The Kier molecular flexibility index (Phi) is 11.2. The third kappa shape index (κ3) is 6.62. The van der Waals surface area contributed by atoms with Crippen LogP contribution in [0, 0.1) is 0 Å². The van der Waals surface area contributed by atoms with Crippen molar-refractivity contribution in [2.24, 2.45) is 0 Å². The van der Waals surface area contributed by atoms with Crippen molar-refractivity contribution in [1.29, 1.82) is 0 Å². The molecule has 2 aromatic rings. The first-order valence-electron chi connectivity index (χ1n) is 11.4. The smallest absolute Gasteiger partial charge is 0.200 e. The number of phenolic OH excluding ortho intramolecular Hbond substituents is 2. The first-order valence-corrected chi connectivity index (χ1v) is 11.4. The van der Waals surface area contributed by atoms with Gasteiger partial charge in [0.2, 0.25) is 11.6 Å². The maximum absolute atomic E-state index is 13.5. The normalized spacial score (nSPS) is 12.1. The van der Waals surface area contributed by atoms with Crippen LogP contribution < -0.4 is 21.3 Å². The molecule has 0 heterocycles. The van der Waals surface area contributed by atoms with E-state index in [2.05, 4.69) is 21.3 Å². The number of aromatic hydroxyl groups is 2. The van der Waals surface area contributed by atoms with Crippen LogP contribution >= 0.6 is 12.4 Å². The maximum Gasteiger partial charge on any atom is 0.200 e. The Morgan fingerprint density at radius 3 is 1.34 bits per heavy atom. The van der Waals surface area contributed by atoms with Crippen molar-refractivity contribution in [3.05, 3.63) is 46.5 Å². The van der Waals surface area contributed by atoms with Gasteiger partial charge in [-0.05, 0) is 50.2 Å². The molecular weight excluding hydrogens is 476 g/mol. The molecule has 0 aliphatic heterocycles. The second-order valence-corrected chi connectivity index (χ2v) is 7.93. The van der Waals surface area contributed by atoms with Gasteiger partial charge in [-0.1, -0.05) is 0 Å². The van der Waals surface area contributed by atoms with Crippen molar-refractivity contribution in [3.8, 4) is 11.5 Å². The Morgan fingerprint density at radius 2 is 0.971 bits per heavy atom. The summed E-state index contributed by atoms with van der Waals surface area (Å²) in [5.74, 6) is -1.78. The van der Waals surface area contributed by atoms with E-state index in [1.807, 2.05) is 0 Å². The van der Waals surface area contributed by atoms with E-state index in [4.69, 9.17) is 10.2 Å². The minimum absolute atomic E-state index is 0. The molecule has 0 fully saturated rings. The van der Waals surface area contributed by atoms with E-state index in [1.54, 1.807) is 12.1 Å². The number of aliphatic hydroxyl groups is 2. The number of phenols is 2. The topological polar surface area (TPSA) is 163 Å². The molecule has 2 aromatic carbocycles. The lowest BCUT2D eigenvalue weighted by molar-refractivity contribution is 0.0975. The molecule has 8 N–H and O–H groups in total. The fraction of sp³-hybridized carbons (Fsp3) is 0.417. The summed E-state index contributed by atoms with van der Waals surface area (Å²) >= 11 is 0. The van der Waals surface area contributed by atoms with Crippen molar-refractivity contribution in [2.45, 2.75) is 12.8 Å². The van der Waals surface area contributed by atoms with Gasteiger partial charge in [-0.15, -0.1) is 12.4 Å². The molecule has 0 atom stereocenters. The summed E-state index contributed by atoms with van der Waals surface area (Å²) in [7, 11) is 0. The molecule has 0 radical (unpaired) electrons. The van der Waals surface area contributed by atoms with Crippen LogP contribution in [-0.4, -0.2) is 84.5 Å². The predicted molar refractivity (Wildman–Crippen MR) is 136 cm³/mol. The number of fused-ring (bicyclic) bond motifs is 2. The summed E-state index contributed by atoms with van der Waals surface area (Å²) in [5.41, 5.74) is 0.861. The minimum Gasteiger partial charge on any atom is -0.507 e. The second-order valence-electron chi connectivity index (χ2n) is 7.93. The number of nitrogens with one attached hydrogen (secondary N) is 4. The van der Waals surface area contributed by atoms with Crippen LogP contribution in [0.4, 0.5) is 11.4 Å². The average Bonchev–Trinajstić information content (AvgIpc) is 2.83. The number of hydrogen-bond donors (Lipinski definition) is 8. The average molecular weight is 509 g/mol. The van der Waals surface area contributed by atoms with Gasteiger partial charge in [0, 0.05) is 37.6 Å². The largest absolute Gasteiger partial charge is 0.507 e. The zero-order valence-corrected chi connectivity index (χ0v) is 20.2. The molecule has 0 saturated carbocycles. The first kappa shape index (κ1) is 28.3. The lowest BCUT2D eigenvalue weighted by Crippen LogP contribution is -2.26. The third-order valence-corrected chi connectivity index (χ3v) is 5.54. The number of hydrogen-bond acceptors (Lipinski definition) is 10. The molecule has 0 amide bonds. The number of anilines is 2. The van der Waals surface area contributed by atoms with E-state index in [0.29, 0.717) is 50.6 Å². The third-order valence-electron chi connectivity index (χ3n) is 5.54. The molecule has 0 spiro atoms. The number of carbonyl (C=O) groups excluding carboxylic acids is 2. The van der Waals surface area contributed by atoms with Crippen molar-refractivity contribution in [2.75, 3.05) is 63.1 Å². The lowest BCUT2D eigenvalue weighted by atomic mass is 9.81. The summed E-state index contributed by atoms with van der Waals surface area (Å²) in [6.07, 6.45) is 1.45. The number of benzene rings is 2. The molecular formula is C24H33ClN4O6. The quantitative estimate of drug-likeness (QED) is 0.117. The highest BCUT2D eigenvalue weighted by Crippen LogP contribution is 2.42. The van der Waals surface area contributed by atoms with E-state index < -0.39 is 11.6 Å². The second kappa shape index (κ2) is 13.9. The fourth-order valence-electron chi connectivity index (χ4n) is 3.94. The van der Waals surface area contributed by atoms with Crippen molar-refractivity contribution < 1.29 is 30.0 Å². The maximum atomic E-state index is 13.5. The molecule has 0 aromatic heterocycles. The summed E-state index contributed by atoms with van der Waals surface area (Å²) in [4.78, 5) is 26.9. The van der Waals surface area contributed by atoms with Crippen LogP contribution in [0.5, 0.6) is 11.5 Å². The molecule has 10 nitrogen and oxygen atoms in total. The Morgan fingerprint density at radius 1 is 0.571 bits per heavy atom. The summed E-state index contributed by atoms with van der Waals surface area (Å²) in [5, 5.41) is 50.9. The zero-order valence-electron chi connectivity index (χ0n) is 19.4. The SMILES string of the molecule is Cl.O=C1c2c(O)ccc(O)c2C(=O)c2c(NCCCNCCO)ccc(NCCCNCCO)c21. The van der Waals surface area contributed by atoms with Gasteiger partial charge in [0.25, 0.3) is 0 Å². The molecule has 3 rings (SSSR count). The fourth-order valence-corrected chi connectivity index (χ4v) is 3.94. The summed E-state index contributed by atoms with van der Waals surface area (Å²) < 4.78 is 0. The van der Waals surface area contributed by atoms with E-state index >= 15 is 0 Å². The number of rotatable bonds is 14. The molecule has 35 heavy (non-hydrogen) atoms. The number of ketones is 2. The summed E-state index contributed by atoms with van der Waals surface area (Å²) in [6.45, 7) is 3.49. The zero-order chi connectivity index (χ0) is 24.5. The van der Waals surface area contributed by atoms with E-state index in [1.165, 1.54) is 12.1 Å². The molecule has 1 aliphatic carbocycles. The Labute approximate surface area is 210 Å². The van der Waals surface area contributed by atoms with Gasteiger partial charge >= 0.3 is 0 Å².